The van der Waals surface area contributed by atoms with E-state index in [0.29, 0.717) is 5.56 Å². The number of nitrogens with one attached hydrogen (secondary N) is 1. The molecule has 0 saturated carbocycles. The van der Waals surface area contributed by atoms with Crippen molar-refractivity contribution in [2.75, 3.05) is 6.61 Å². The van der Waals surface area contributed by atoms with Gasteiger partial charge < -0.3 is 29.6 Å². The molecule has 3 heterocycles. The molecule has 4 atom stereocenters. The van der Waals surface area contributed by atoms with E-state index in [4.69, 9.17) is 4.74 Å². The Hall–Kier alpha value is -2.43. The monoisotopic (exact) mass is 380 g/mol. The van der Waals surface area contributed by atoms with Crippen LogP contribution in [0.4, 0.5) is 4.79 Å². The fraction of sp³-hybridized carbons (Fsp3) is 0.588. The largest absolute Gasteiger partial charge is 0.444 e. The number of nitrogens with zero attached hydrogens (tertiary/aromatic N) is 3. The summed E-state index contributed by atoms with van der Waals surface area (Å²) in [6, 6.07) is -2.10. The van der Waals surface area contributed by atoms with Gasteiger partial charge in [-0.2, -0.15) is 0 Å². The van der Waals surface area contributed by atoms with Crippen LogP contribution in [-0.4, -0.2) is 71.3 Å². The predicted molar refractivity (Wildman–Crippen MR) is 95.0 cm³/mol. The lowest BCUT2D eigenvalue weighted by Crippen LogP contribution is -2.45. The average Bonchev–Trinajstić information content (AvgIpc) is 3.09. The molecular weight excluding hydrogens is 356 g/mol. The number of aromatic amines is 1. The van der Waals surface area contributed by atoms with Gasteiger partial charge >= 0.3 is 6.09 Å². The van der Waals surface area contributed by atoms with Crippen molar-refractivity contribution in [2.24, 2.45) is 7.05 Å². The number of amides is 1. The number of aryl methyl sites for hydroxylation is 1. The van der Waals surface area contributed by atoms with E-state index in [1.54, 1.807) is 27.8 Å². The fourth-order valence-corrected chi connectivity index (χ4v) is 3.37. The van der Waals surface area contributed by atoms with Crippen LogP contribution in [0.1, 0.15) is 32.4 Å². The highest BCUT2D eigenvalue weighted by atomic mass is 16.6. The fourth-order valence-electron chi connectivity index (χ4n) is 3.37. The summed E-state index contributed by atoms with van der Waals surface area (Å²) in [4.78, 5) is 33.2. The number of carbonyl (C=O) groups excluding carboxylic acids is 1. The molecule has 3 rings (SSSR count). The number of aromatic nitrogens is 3. The zero-order valence-corrected chi connectivity index (χ0v) is 15.6. The summed E-state index contributed by atoms with van der Waals surface area (Å²) in [7, 11) is 1.55. The zero-order valence-electron chi connectivity index (χ0n) is 15.6. The summed E-state index contributed by atoms with van der Waals surface area (Å²) in [5, 5.41) is 30.6. The van der Waals surface area contributed by atoms with Gasteiger partial charge in [-0.1, -0.05) is 0 Å². The molecule has 1 aliphatic rings. The number of hydrogen-bond donors (Lipinski definition) is 4. The van der Waals surface area contributed by atoms with Crippen molar-refractivity contribution in [3.63, 3.8) is 0 Å². The van der Waals surface area contributed by atoms with E-state index in [2.05, 4.69) is 9.97 Å². The first-order valence-corrected chi connectivity index (χ1v) is 8.57. The van der Waals surface area contributed by atoms with E-state index in [1.807, 2.05) is 0 Å². The van der Waals surface area contributed by atoms with Crippen LogP contribution in [0.2, 0.25) is 0 Å². The smallest absolute Gasteiger partial charge is 0.411 e. The number of rotatable bonds is 2. The number of aliphatic hydroxyl groups excluding tert-OH is 3. The van der Waals surface area contributed by atoms with Gasteiger partial charge in [-0.15, -0.1) is 0 Å². The second-order valence-electron chi connectivity index (χ2n) is 7.69. The van der Waals surface area contributed by atoms with Crippen LogP contribution in [0.5, 0.6) is 0 Å². The third-order valence-corrected chi connectivity index (χ3v) is 4.61. The molecule has 2 aromatic rings. The maximum absolute atomic E-state index is 12.8. The number of carbonyl (C=O) groups is 1. The summed E-state index contributed by atoms with van der Waals surface area (Å²) < 4.78 is 6.69. The van der Waals surface area contributed by atoms with Crippen LogP contribution in [0.25, 0.3) is 11.0 Å². The van der Waals surface area contributed by atoms with Gasteiger partial charge in [0.1, 0.15) is 28.8 Å². The quantitative estimate of drug-likeness (QED) is 0.557. The topological polar surface area (TPSA) is 141 Å². The molecule has 1 amide bonds. The summed E-state index contributed by atoms with van der Waals surface area (Å²) in [5.41, 5.74) is -0.276. The molecule has 0 spiro atoms. The van der Waals surface area contributed by atoms with Gasteiger partial charge in [0.2, 0.25) is 0 Å². The minimum atomic E-state index is -1.39. The first-order valence-electron chi connectivity index (χ1n) is 8.57. The van der Waals surface area contributed by atoms with Gasteiger partial charge in [0.25, 0.3) is 5.56 Å². The van der Waals surface area contributed by atoms with E-state index in [1.165, 1.54) is 17.1 Å². The summed E-state index contributed by atoms with van der Waals surface area (Å²) >= 11 is 0. The molecule has 4 N–H and O–H groups in total. The highest BCUT2D eigenvalue weighted by Gasteiger charge is 2.52. The number of H-pyrrole nitrogens is 1. The van der Waals surface area contributed by atoms with E-state index in [9.17, 15) is 24.9 Å². The van der Waals surface area contributed by atoms with E-state index < -0.39 is 42.6 Å². The molecule has 0 bridgehead atoms. The van der Waals surface area contributed by atoms with Crippen LogP contribution in [0.15, 0.2) is 17.3 Å². The van der Waals surface area contributed by atoms with Crippen molar-refractivity contribution in [1.82, 2.24) is 19.4 Å². The summed E-state index contributed by atoms with van der Waals surface area (Å²) in [5.74, 6) is 0. The molecule has 2 aromatic heterocycles. The molecule has 1 aliphatic heterocycles. The molecule has 10 nitrogen and oxygen atoms in total. The Bertz CT molecular complexity index is 914. The number of aliphatic hydroxyl groups is 3. The zero-order chi connectivity index (χ0) is 20.1. The van der Waals surface area contributed by atoms with Crippen molar-refractivity contribution in [3.8, 4) is 0 Å². The van der Waals surface area contributed by atoms with Gasteiger partial charge in [-0.3, -0.25) is 9.69 Å². The van der Waals surface area contributed by atoms with E-state index >= 15 is 0 Å². The van der Waals surface area contributed by atoms with Crippen molar-refractivity contribution < 1.29 is 24.9 Å². The summed E-state index contributed by atoms with van der Waals surface area (Å²) in [6.45, 7) is 4.50. The third-order valence-electron chi connectivity index (χ3n) is 4.61. The summed E-state index contributed by atoms with van der Waals surface area (Å²) in [6.07, 6.45) is -0.762. The minimum absolute atomic E-state index is 0.216. The van der Waals surface area contributed by atoms with Gasteiger partial charge in [0.15, 0.2) is 0 Å². The molecule has 1 fully saturated rings. The minimum Gasteiger partial charge on any atom is -0.444 e. The highest BCUT2D eigenvalue weighted by molar-refractivity contribution is 5.80. The van der Waals surface area contributed by atoms with Crippen LogP contribution >= 0.6 is 0 Å². The predicted octanol–water partition coefficient (Wildman–Crippen LogP) is -0.364. The first kappa shape index (κ1) is 19.3. The van der Waals surface area contributed by atoms with Crippen LogP contribution in [0, 0.1) is 0 Å². The lowest BCUT2D eigenvalue weighted by atomic mass is 10.0. The van der Waals surface area contributed by atoms with Crippen LogP contribution < -0.4 is 5.56 Å². The number of fused-ring (bicyclic) bond motifs is 1. The Labute approximate surface area is 155 Å². The second kappa shape index (κ2) is 6.63. The highest BCUT2D eigenvalue weighted by Crippen LogP contribution is 2.39. The van der Waals surface area contributed by atoms with Crippen molar-refractivity contribution in [3.05, 3.63) is 28.4 Å². The van der Waals surface area contributed by atoms with Gasteiger partial charge in [0.05, 0.1) is 25.0 Å². The lowest BCUT2D eigenvalue weighted by molar-refractivity contribution is -0.000806. The molecule has 1 saturated heterocycles. The third kappa shape index (κ3) is 3.20. The van der Waals surface area contributed by atoms with Crippen molar-refractivity contribution >= 4 is 17.1 Å². The molecule has 0 radical (unpaired) electrons. The molecule has 10 heteroatoms. The molecular formula is C17H24N4O6. The average molecular weight is 380 g/mol. The van der Waals surface area contributed by atoms with Gasteiger partial charge in [0, 0.05) is 18.8 Å². The lowest BCUT2D eigenvalue weighted by Gasteiger charge is -2.32. The molecule has 0 aromatic carbocycles. The van der Waals surface area contributed by atoms with Gasteiger partial charge in [-0.05, 0) is 20.8 Å². The number of likely N-dealkylation sites (tertiary alicyclic amines) is 1. The van der Waals surface area contributed by atoms with E-state index in [-0.39, 0.29) is 16.6 Å². The molecule has 4 unspecified atom stereocenters. The van der Waals surface area contributed by atoms with Crippen LogP contribution in [0.3, 0.4) is 0 Å². The van der Waals surface area contributed by atoms with E-state index in [0.717, 1.165) is 4.90 Å². The van der Waals surface area contributed by atoms with Crippen LogP contribution in [-0.2, 0) is 11.8 Å². The maximum atomic E-state index is 12.8. The Morgan fingerprint density at radius 3 is 2.59 bits per heavy atom. The van der Waals surface area contributed by atoms with Crippen molar-refractivity contribution in [2.45, 2.75) is 50.7 Å². The Balaban J connectivity index is 2.12. The number of ether oxygens (including phenoxy) is 1. The maximum Gasteiger partial charge on any atom is 0.411 e. The molecule has 0 aliphatic carbocycles. The molecule has 148 valence electrons. The Morgan fingerprint density at radius 2 is 2.00 bits per heavy atom. The van der Waals surface area contributed by atoms with Gasteiger partial charge in [-0.25, -0.2) is 9.78 Å². The standard InChI is InChI=1S/C17H24N4O6/c1-17(2,3)27-16(26)21-9(6-22)13(23)14(24)12(21)8-5-18-11-10(8)19-7-20(4)15(11)25/h5,7,9,12-14,18,22-24H,6H2,1-4H3. The van der Waals surface area contributed by atoms with Crippen molar-refractivity contribution in [1.29, 1.82) is 0 Å². The molecule has 27 heavy (non-hydrogen) atoms. The second-order valence-corrected chi connectivity index (χ2v) is 7.69. The SMILES string of the molecule is Cn1cnc2c(C3C(O)C(O)C(CO)N3C(=O)OC(C)(C)C)c[nH]c2c1=O. The Morgan fingerprint density at radius 1 is 1.33 bits per heavy atom. The number of hydrogen-bond acceptors (Lipinski definition) is 7. The Kier molecular flexibility index (Phi) is 4.74. The first-order chi connectivity index (χ1) is 12.6. The normalized spacial score (nSPS) is 26.0.